The van der Waals surface area contributed by atoms with Crippen molar-refractivity contribution in [3.05, 3.63) is 42.0 Å². The summed E-state index contributed by atoms with van der Waals surface area (Å²) in [6.45, 7) is 2.07. The molecule has 3 aromatic rings. The van der Waals surface area contributed by atoms with Crippen LogP contribution < -0.4 is 16.0 Å². The van der Waals surface area contributed by atoms with E-state index in [1.54, 1.807) is 35.2 Å². The second-order valence-corrected chi connectivity index (χ2v) is 8.01. The van der Waals surface area contributed by atoms with Gasteiger partial charge in [0.05, 0.1) is 6.26 Å². The van der Waals surface area contributed by atoms with Gasteiger partial charge in [0.1, 0.15) is 17.3 Å². The predicted octanol–water partition coefficient (Wildman–Crippen LogP) is 3.00. The van der Waals surface area contributed by atoms with Gasteiger partial charge in [0.2, 0.25) is 5.91 Å². The van der Waals surface area contributed by atoms with Crippen molar-refractivity contribution in [3.8, 4) is 11.5 Å². The summed E-state index contributed by atoms with van der Waals surface area (Å²) in [6.07, 6.45) is 5.29. The quantitative estimate of drug-likeness (QED) is 0.532. The first-order chi connectivity index (χ1) is 15.1. The Labute approximate surface area is 178 Å². The Bertz CT molecular complexity index is 1080. The van der Waals surface area contributed by atoms with Gasteiger partial charge in [-0.05, 0) is 31.4 Å². The molecule has 1 aliphatic carbocycles. The van der Waals surface area contributed by atoms with Crippen molar-refractivity contribution in [2.24, 2.45) is 0 Å². The second-order valence-electron chi connectivity index (χ2n) is 8.01. The molecular formula is C21H24N6O4. The first-order valence-electron chi connectivity index (χ1n) is 10.6. The van der Waals surface area contributed by atoms with E-state index in [0.29, 0.717) is 29.6 Å². The van der Waals surface area contributed by atoms with Crippen LogP contribution in [0.25, 0.3) is 11.5 Å². The Balaban J connectivity index is 1.43. The van der Waals surface area contributed by atoms with Gasteiger partial charge in [-0.3, -0.25) is 14.9 Å². The molecule has 1 aliphatic heterocycles. The molecule has 3 N–H and O–H groups in total. The van der Waals surface area contributed by atoms with Crippen molar-refractivity contribution < 1.29 is 18.5 Å². The van der Waals surface area contributed by atoms with Gasteiger partial charge < -0.3 is 19.6 Å². The lowest BCUT2D eigenvalue weighted by Crippen LogP contribution is -2.53. The number of anilines is 1. The SMILES string of the molecule is CCCC1CC(=O)NC(n2nc(-c3ccco3)cc2NC(=O)c2cc(C3CC3)on2)N1. The molecule has 10 heteroatoms. The van der Waals surface area contributed by atoms with Crippen molar-refractivity contribution in [1.29, 1.82) is 0 Å². The zero-order valence-electron chi connectivity index (χ0n) is 17.1. The maximum absolute atomic E-state index is 12.8. The van der Waals surface area contributed by atoms with Crippen LogP contribution in [0.2, 0.25) is 0 Å². The fraction of sp³-hybridized carbons (Fsp3) is 0.429. The lowest BCUT2D eigenvalue weighted by molar-refractivity contribution is -0.125. The molecule has 0 bridgehead atoms. The number of nitrogens with zero attached hydrogens (tertiary/aromatic N) is 3. The zero-order valence-corrected chi connectivity index (χ0v) is 17.1. The van der Waals surface area contributed by atoms with Gasteiger partial charge in [0.15, 0.2) is 17.7 Å². The van der Waals surface area contributed by atoms with E-state index in [1.807, 2.05) is 0 Å². The molecule has 2 atom stereocenters. The van der Waals surface area contributed by atoms with Crippen LogP contribution in [-0.4, -0.2) is 32.8 Å². The highest BCUT2D eigenvalue weighted by Gasteiger charge is 2.31. The van der Waals surface area contributed by atoms with Crippen LogP contribution in [0.15, 0.2) is 39.5 Å². The molecule has 0 spiro atoms. The summed E-state index contributed by atoms with van der Waals surface area (Å²) in [5, 5.41) is 17.6. The molecule has 5 rings (SSSR count). The van der Waals surface area contributed by atoms with Gasteiger partial charge in [-0.15, -0.1) is 0 Å². The Morgan fingerprint density at radius 2 is 2.23 bits per heavy atom. The number of carbonyl (C=O) groups excluding carboxylic acids is 2. The fourth-order valence-corrected chi connectivity index (χ4v) is 3.79. The van der Waals surface area contributed by atoms with Crippen LogP contribution in [0.3, 0.4) is 0 Å². The minimum absolute atomic E-state index is 0.0280. The first kappa shape index (κ1) is 19.6. The minimum Gasteiger partial charge on any atom is -0.463 e. The molecule has 3 aromatic heterocycles. The number of hydrogen-bond acceptors (Lipinski definition) is 7. The van der Waals surface area contributed by atoms with Gasteiger partial charge in [-0.1, -0.05) is 18.5 Å². The molecule has 31 heavy (non-hydrogen) atoms. The van der Waals surface area contributed by atoms with E-state index >= 15 is 0 Å². The third-order valence-corrected chi connectivity index (χ3v) is 5.50. The van der Waals surface area contributed by atoms with E-state index in [4.69, 9.17) is 8.94 Å². The Kier molecular flexibility index (Phi) is 5.06. The standard InChI is InChI=1S/C21H24N6O4/c1-2-4-13-9-19(28)24-21(22-13)27-18(11-14(25-27)16-5-3-8-30-16)23-20(29)15-10-17(31-26-15)12-6-7-12/h3,5,8,10-13,21-22H,2,4,6-7,9H2,1H3,(H,23,29)(H,24,28). The highest BCUT2D eigenvalue weighted by Crippen LogP contribution is 2.40. The number of hydrogen-bond donors (Lipinski definition) is 3. The number of carbonyl (C=O) groups is 2. The lowest BCUT2D eigenvalue weighted by atomic mass is 10.1. The van der Waals surface area contributed by atoms with Gasteiger partial charge in [0.25, 0.3) is 5.91 Å². The van der Waals surface area contributed by atoms with Crippen LogP contribution >= 0.6 is 0 Å². The molecule has 1 saturated carbocycles. The highest BCUT2D eigenvalue weighted by molar-refractivity contribution is 6.02. The van der Waals surface area contributed by atoms with Crippen molar-refractivity contribution in [3.63, 3.8) is 0 Å². The highest BCUT2D eigenvalue weighted by atomic mass is 16.5. The zero-order chi connectivity index (χ0) is 21.4. The maximum Gasteiger partial charge on any atom is 0.278 e. The van der Waals surface area contributed by atoms with Gasteiger partial charge in [-0.2, -0.15) is 5.10 Å². The second kappa shape index (κ2) is 8.03. The van der Waals surface area contributed by atoms with Crippen molar-refractivity contribution in [2.75, 3.05) is 5.32 Å². The van der Waals surface area contributed by atoms with Gasteiger partial charge >= 0.3 is 0 Å². The largest absolute Gasteiger partial charge is 0.463 e. The summed E-state index contributed by atoms with van der Waals surface area (Å²) in [6, 6.07) is 6.96. The molecule has 10 nitrogen and oxygen atoms in total. The molecule has 2 aliphatic rings. The van der Waals surface area contributed by atoms with E-state index in [2.05, 4.69) is 33.1 Å². The van der Waals surface area contributed by atoms with Gasteiger partial charge in [-0.25, -0.2) is 4.68 Å². The average molecular weight is 424 g/mol. The van der Waals surface area contributed by atoms with Gasteiger partial charge in [0, 0.05) is 30.5 Å². The average Bonchev–Trinajstić information content (AvgIpc) is 3.14. The van der Waals surface area contributed by atoms with E-state index in [-0.39, 0.29) is 17.6 Å². The summed E-state index contributed by atoms with van der Waals surface area (Å²) in [4.78, 5) is 25.1. The Hall–Kier alpha value is -3.40. The van der Waals surface area contributed by atoms with Crippen LogP contribution in [-0.2, 0) is 4.79 Å². The molecule has 1 saturated heterocycles. The van der Waals surface area contributed by atoms with Crippen molar-refractivity contribution in [2.45, 2.75) is 57.3 Å². The monoisotopic (exact) mass is 424 g/mol. The smallest absolute Gasteiger partial charge is 0.278 e. The molecule has 4 heterocycles. The maximum atomic E-state index is 12.8. The van der Waals surface area contributed by atoms with Crippen LogP contribution in [0.5, 0.6) is 0 Å². The summed E-state index contributed by atoms with van der Waals surface area (Å²) < 4.78 is 12.3. The minimum atomic E-state index is -0.601. The molecule has 162 valence electrons. The summed E-state index contributed by atoms with van der Waals surface area (Å²) >= 11 is 0. The first-order valence-corrected chi connectivity index (χ1v) is 10.6. The lowest BCUT2D eigenvalue weighted by Gasteiger charge is -2.32. The summed E-state index contributed by atoms with van der Waals surface area (Å²) in [5.41, 5.74) is 0.742. The number of rotatable bonds is 7. The van der Waals surface area contributed by atoms with E-state index in [9.17, 15) is 9.59 Å². The Morgan fingerprint density at radius 3 is 2.97 bits per heavy atom. The number of amides is 2. The summed E-state index contributed by atoms with van der Waals surface area (Å²) in [5.74, 6) is 1.58. The Morgan fingerprint density at radius 1 is 1.35 bits per heavy atom. The third kappa shape index (κ3) is 4.11. The molecule has 2 unspecified atom stereocenters. The molecule has 0 aromatic carbocycles. The summed E-state index contributed by atoms with van der Waals surface area (Å²) in [7, 11) is 0. The van der Waals surface area contributed by atoms with E-state index < -0.39 is 12.2 Å². The normalized spacial score (nSPS) is 21.1. The van der Waals surface area contributed by atoms with E-state index in [0.717, 1.165) is 31.4 Å². The van der Waals surface area contributed by atoms with Crippen LogP contribution in [0.4, 0.5) is 5.82 Å². The van der Waals surface area contributed by atoms with Crippen molar-refractivity contribution in [1.82, 2.24) is 25.6 Å². The molecule has 2 amide bonds. The number of nitrogens with one attached hydrogen (secondary N) is 3. The van der Waals surface area contributed by atoms with Crippen molar-refractivity contribution >= 4 is 17.6 Å². The van der Waals surface area contributed by atoms with E-state index in [1.165, 1.54) is 0 Å². The topological polar surface area (TPSA) is 127 Å². The number of furan rings is 1. The fourth-order valence-electron chi connectivity index (χ4n) is 3.79. The molecule has 0 radical (unpaired) electrons. The number of aromatic nitrogens is 3. The third-order valence-electron chi connectivity index (χ3n) is 5.50. The molecular weight excluding hydrogens is 400 g/mol. The predicted molar refractivity (Wildman–Crippen MR) is 110 cm³/mol. The van der Waals surface area contributed by atoms with Crippen LogP contribution in [0, 0.1) is 0 Å². The van der Waals surface area contributed by atoms with Crippen LogP contribution in [0.1, 0.15) is 67.5 Å². The molecule has 2 fully saturated rings.